The van der Waals surface area contributed by atoms with Gasteiger partial charge in [-0.2, -0.15) is 0 Å². The lowest BCUT2D eigenvalue weighted by Gasteiger charge is -2.33. The average molecular weight is 566 g/mol. The van der Waals surface area contributed by atoms with Gasteiger partial charge < -0.3 is 34.5 Å². The number of fused-ring (bicyclic) bond motifs is 1. The number of ether oxygens (including phenoxy) is 4. The van der Waals surface area contributed by atoms with Gasteiger partial charge in [-0.25, -0.2) is 0 Å². The Morgan fingerprint density at radius 1 is 1.10 bits per heavy atom. The molecule has 2 heterocycles. The Morgan fingerprint density at radius 3 is 2.71 bits per heavy atom. The van der Waals surface area contributed by atoms with Gasteiger partial charge in [0.15, 0.2) is 0 Å². The lowest BCUT2D eigenvalue weighted by Crippen LogP contribution is -2.48. The zero-order valence-corrected chi connectivity index (χ0v) is 24.5. The standard InChI is InChI=1S/C32H43N3O6/c1-21-7-4-9-27(39-3)30(21)34-31(36)23-17-24(19-33-18-23)32(37)35(25-10-11-25)20-22-15-28-26(8-5-13-40-28)29(16-22)41-14-6-12-38-2/h4,7,9,15-16,23-25,33H,5-6,8,10-14,17-20H2,1-3H3,(H,34,36)/t23-,24+/m0/s1. The van der Waals surface area contributed by atoms with Crippen molar-refractivity contribution in [3.8, 4) is 17.2 Å². The minimum Gasteiger partial charge on any atom is -0.495 e. The molecule has 1 aliphatic carbocycles. The van der Waals surface area contributed by atoms with Crippen LogP contribution >= 0.6 is 0 Å². The number of anilines is 1. The fraction of sp³-hybridized carbons (Fsp3) is 0.562. The fourth-order valence-corrected chi connectivity index (χ4v) is 5.82. The van der Waals surface area contributed by atoms with E-state index in [0.717, 1.165) is 60.3 Å². The first-order valence-electron chi connectivity index (χ1n) is 14.8. The van der Waals surface area contributed by atoms with Crippen LogP contribution in [0.2, 0.25) is 0 Å². The van der Waals surface area contributed by atoms with Crippen LogP contribution in [0.1, 0.15) is 48.8 Å². The van der Waals surface area contributed by atoms with E-state index in [9.17, 15) is 9.59 Å². The van der Waals surface area contributed by atoms with Gasteiger partial charge in [-0.3, -0.25) is 9.59 Å². The van der Waals surface area contributed by atoms with E-state index in [1.165, 1.54) is 0 Å². The molecule has 0 unspecified atom stereocenters. The summed E-state index contributed by atoms with van der Waals surface area (Å²) in [7, 11) is 3.29. The van der Waals surface area contributed by atoms with E-state index in [0.29, 0.717) is 57.3 Å². The number of nitrogens with one attached hydrogen (secondary N) is 2. The number of carbonyl (C=O) groups excluding carboxylic acids is 2. The highest BCUT2D eigenvalue weighted by molar-refractivity contribution is 5.95. The summed E-state index contributed by atoms with van der Waals surface area (Å²) in [5.41, 5.74) is 3.74. The fourth-order valence-electron chi connectivity index (χ4n) is 5.82. The largest absolute Gasteiger partial charge is 0.495 e. The molecule has 0 aromatic heterocycles. The van der Waals surface area contributed by atoms with E-state index in [1.807, 2.05) is 30.0 Å². The second kappa shape index (κ2) is 13.6. The number of methoxy groups -OCH3 is 2. The van der Waals surface area contributed by atoms with Gasteiger partial charge in [0.2, 0.25) is 11.8 Å². The van der Waals surface area contributed by atoms with Crippen LogP contribution in [0.5, 0.6) is 17.2 Å². The first-order valence-corrected chi connectivity index (χ1v) is 14.8. The Balaban J connectivity index is 1.28. The van der Waals surface area contributed by atoms with Gasteiger partial charge in [-0.1, -0.05) is 12.1 Å². The number of hydrogen-bond acceptors (Lipinski definition) is 7. The molecule has 5 rings (SSSR count). The second-order valence-electron chi connectivity index (χ2n) is 11.3. The maximum absolute atomic E-state index is 13.9. The molecule has 1 saturated heterocycles. The molecule has 2 amide bonds. The summed E-state index contributed by atoms with van der Waals surface area (Å²) in [6.45, 7) is 5.47. The van der Waals surface area contributed by atoms with Crippen LogP contribution < -0.4 is 24.8 Å². The highest BCUT2D eigenvalue weighted by Crippen LogP contribution is 2.37. The molecule has 9 heteroatoms. The second-order valence-corrected chi connectivity index (χ2v) is 11.3. The number of rotatable bonds is 12. The summed E-state index contributed by atoms with van der Waals surface area (Å²) < 4.78 is 22.8. The van der Waals surface area contributed by atoms with Crippen LogP contribution in [0.3, 0.4) is 0 Å². The van der Waals surface area contributed by atoms with Gasteiger partial charge in [0.1, 0.15) is 17.2 Å². The Hall–Kier alpha value is -3.30. The summed E-state index contributed by atoms with van der Waals surface area (Å²) in [6.07, 6.45) is 5.22. The van der Waals surface area contributed by atoms with Gasteiger partial charge in [0.05, 0.1) is 37.8 Å². The van der Waals surface area contributed by atoms with E-state index < -0.39 is 0 Å². The van der Waals surface area contributed by atoms with Crippen molar-refractivity contribution in [2.45, 2.75) is 58.0 Å². The molecule has 0 bridgehead atoms. The molecule has 2 atom stereocenters. The number of aryl methyl sites for hydroxylation is 1. The lowest BCUT2D eigenvalue weighted by molar-refractivity contribution is -0.138. The van der Waals surface area contributed by atoms with Crippen molar-refractivity contribution >= 4 is 17.5 Å². The van der Waals surface area contributed by atoms with Crippen LogP contribution in [0, 0.1) is 18.8 Å². The highest BCUT2D eigenvalue weighted by atomic mass is 16.5. The Morgan fingerprint density at radius 2 is 1.93 bits per heavy atom. The van der Waals surface area contributed by atoms with Crippen molar-refractivity contribution in [1.82, 2.24) is 10.2 Å². The first-order chi connectivity index (χ1) is 20.0. The molecule has 1 saturated carbocycles. The van der Waals surface area contributed by atoms with E-state index >= 15 is 0 Å². The molecule has 2 aliphatic heterocycles. The van der Waals surface area contributed by atoms with Crippen LogP contribution in [-0.2, 0) is 27.3 Å². The molecular weight excluding hydrogens is 522 g/mol. The number of nitrogens with zero attached hydrogens (tertiary/aromatic N) is 1. The van der Waals surface area contributed by atoms with Gasteiger partial charge in [0, 0.05) is 51.4 Å². The summed E-state index contributed by atoms with van der Waals surface area (Å²) in [6, 6.07) is 10.1. The van der Waals surface area contributed by atoms with E-state index in [-0.39, 0.29) is 29.7 Å². The molecule has 3 aliphatic rings. The molecular formula is C32H43N3O6. The molecule has 2 N–H and O–H groups in total. The molecule has 41 heavy (non-hydrogen) atoms. The zero-order valence-electron chi connectivity index (χ0n) is 24.5. The van der Waals surface area contributed by atoms with E-state index in [2.05, 4.69) is 22.8 Å². The number of piperidine rings is 1. The summed E-state index contributed by atoms with van der Waals surface area (Å²) in [4.78, 5) is 29.2. The third kappa shape index (κ3) is 7.13. The van der Waals surface area contributed by atoms with Gasteiger partial charge in [-0.05, 0) is 68.4 Å². The molecule has 0 spiro atoms. The third-order valence-corrected chi connectivity index (χ3v) is 8.20. The first kappa shape index (κ1) is 29.2. The average Bonchev–Trinajstić information content (AvgIpc) is 3.84. The number of amides is 2. The summed E-state index contributed by atoms with van der Waals surface area (Å²) in [5.74, 6) is 1.77. The van der Waals surface area contributed by atoms with Crippen molar-refractivity contribution in [1.29, 1.82) is 0 Å². The Bertz CT molecular complexity index is 1230. The van der Waals surface area contributed by atoms with Crippen molar-refractivity contribution < 1.29 is 28.5 Å². The van der Waals surface area contributed by atoms with Crippen LogP contribution in [0.4, 0.5) is 5.69 Å². The van der Waals surface area contributed by atoms with Gasteiger partial charge in [-0.15, -0.1) is 0 Å². The number of benzene rings is 2. The van der Waals surface area contributed by atoms with Crippen molar-refractivity contribution in [2.24, 2.45) is 11.8 Å². The molecule has 9 nitrogen and oxygen atoms in total. The maximum atomic E-state index is 13.9. The predicted molar refractivity (Wildman–Crippen MR) is 157 cm³/mol. The van der Waals surface area contributed by atoms with Crippen molar-refractivity contribution in [3.63, 3.8) is 0 Å². The Labute approximate surface area is 242 Å². The minimum absolute atomic E-state index is 0.0947. The van der Waals surface area contributed by atoms with Gasteiger partial charge >= 0.3 is 0 Å². The van der Waals surface area contributed by atoms with Crippen molar-refractivity contribution in [2.75, 3.05) is 52.4 Å². The summed E-state index contributed by atoms with van der Waals surface area (Å²) in [5, 5.41) is 6.41. The number of para-hydroxylation sites is 1. The SMILES string of the molecule is COCCCOc1cc(CN(C(=O)[C@H]2CNC[C@@H](C(=O)Nc3c(C)cccc3OC)C2)C2CC2)cc2c1CCCO2. The van der Waals surface area contributed by atoms with E-state index in [1.54, 1.807) is 14.2 Å². The summed E-state index contributed by atoms with van der Waals surface area (Å²) >= 11 is 0. The lowest BCUT2D eigenvalue weighted by atomic mass is 9.88. The maximum Gasteiger partial charge on any atom is 0.228 e. The molecule has 2 fully saturated rings. The molecule has 0 radical (unpaired) electrons. The Kier molecular flexibility index (Phi) is 9.67. The highest BCUT2D eigenvalue weighted by Gasteiger charge is 2.39. The smallest absolute Gasteiger partial charge is 0.228 e. The normalized spacial score (nSPS) is 20.0. The van der Waals surface area contributed by atoms with Gasteiger partial charge in [0.25, 0.3) is 0 Å². The molecule has 2 aromatic rings. The van der Waals surface area contributed by atoms with Crippen LogP contribution in [-0.4, -0.2) is 69.9 Å². The minimum atomic E-state index is -0.313. The topological polar surface area (TPSA) is 98.4 Å². The molecule has 222 valence electrons. The monoisotopic (exact) mass is 565 g/mol. The predicted octanol–water partition coefficient (Wildman–Crippen LogP) is 4.10. The molecule has 2 aromatic carbocycles. The van der Waals surface area contributed by atoms with Crippen LogP contribution in [0.25, 0.3) is 0 Å². The van der Waals surface area contributed by atoms with Crippen molar-refractivity contribution in [3.05, 3.63) is 47.0 Å². The number of carbonyl (C=O) groups is 2. The van der Waals surface area contributed by atoms with E-state index in [4.69, 9.17) is 18.9 Å². The quantitative estimate of drug-likeness (QED) is 0.374. The third-order valence-electron chi connectivity index (χ3n) is 8.20. The zero-order chi connectivity index (χ0) is 28.8. The number of hydrogen-bond donors (Lipinski definition) is 2. The van der Waals surface area contributed by atoms with Crippen LogP contribution in [0.15, 0.2) is 30.3 Å².